The first-order valence-corrected chi connectivity index (χ1v) is 18.4. The van der Waals surface area contributed by atoms with E-state index in [-0.39, 0.29) is 5.41 Å². The second kappa shape index (κ2) is 11.2. The standard InChI is InChI=1S/C51H35NO/c1-51(2)47-13-7-5-11-42(47)45-30-37(23-27-48(45)51)52(38-24-28-50-46(31-38)43-12-6-8-14-49(43)53-50)36-21-17-32(18-22-36)35-16-15-34-20-25-40-39-10-4-3-9-33(39)19-26-41(40)44(34)29-35/h3-31H,1-2H3. The zero-order chi connectivity index (χ0) is 35.3. The normalized spacial score (nSPS) is 13.2. The molecule has 0 aliphatic heterocycles. The first-order chi connectivity index (χ1) is 26.0. The van der Waals surface area contributed by atoms with E-state index in [1.807, 2.05) is 12.1 Å². The number of fused-ring (bicyclic) bond motifs is 11. The lowest BCUT2D eigenvalue weighted by Gasteiger charge is -2.27. The molecule has 2 heteroatoms. The topological polar surface area (TPSA) is 16.4 Å². The van der Waals surface area contributed by atoms with Crippen LogP contribution >= 0.6 is 0 Å². The molecule has 0 bridgehead atoms. The van der Waals surface area contributed by atoms with Crippen molar-refractivity contribution in [3.8, 4) is 22.3 Å². The molecule has 9 aromatic carbocycles. The second-order valence-electron chi connectivity index (χ2n) is 14.9. The highest BCUT2D eigenvalue weighted by atomic mass is 16.3. The van der Waals surface area contributed by atoms with Gasteiger partial charge in [0.1, 0.15) is 11.2 Å². The quantitative estimate of drug-likeness (QED) is 0.172. The van der Waals surface area contributed by atoms with Crippen molar-refractivity contribution < 1.29 is 4.42 Å². The van der Waals surface area contributed by atoms with E-state index in [0.717, 1.165) is 39.0 Å². The molecule has 2 nitrogen and oxygen atoms in total. The van der Waals surface area contributed by atoms with Crippen molar-refractivity contribution in [2.75, 3.05) is 4.90 Å². The van der Waals surface area contributed by atoms with Crippen molar-refractivity contribution in [2.45, 2.75) is 19.3 Å². The van der Waals surface area contributed by atoms with Gasteiger partial charge in [0.2, 0.25) is 0 Å². The fourth-order valence-electron chi connectivity index (χ4n) is 8.95. The largest absolute Gasteiger partial charge is 0.456 e. The van der Waals surface area contributed by atoms with Crippen molar-refractivity contribution in [2.24, 2.45) is 0 Å². The first-order valence-electron chi connectivity index (χ1n) is 18.4. The zero-order valence-electron chi connectivity index (χ0n) is 29.6. The molecule has 250 valence electrons. The highest BCUT2D eigenvalue weighted by Gasteiger charge is 2.35. The van der Waals surface area contributed by atoms with E-state index < -0.39 is 0 Å². The van der Waals surface area contributed by atoms with Gasteiger partial charge in [-0.1, -0.05) is 135 Å². The monoisotopic (exact) mass is 677 g/mol. The van der Waals surface area contributed by atoms with Crippen molar-refractivity contribution >= 4 is 71.3 Å². The Morgan fingerprint density at radius 3 is 1.85 bits per heavy atom. The summed E-state index contributed by atoms with van der Waals surface area (Å²) >= 11 is 0. The summed E-state index contributed by atoms with van der Waals surface area (Å²) in [7, 11) is 0. The molecular weight excluding hydrogens is 643 g/mol. The predicted molar refractivity (Wildman–Crippen MR) is 224 cm³/mol. The molecule has 11 rings (SSSR count). The molecule has 0 N–H and O–H groups in total. The van der Waals surface area contributed by atoms with Crippen LogP contribution in [0.4, 0.5) is 17.1 Å². The third-order valence-electron chi connectivity index (χ3n) is 11.6. The van der Waals surface area contributed by atoms with Gasteiger partial charge in [-0.3, -0.25) is 0 Å². The average molecular weight is 678 g/mol. The number of anilines is 3. The van der Waals surface area contributed by atoms with Crippen LogP contribution in [0.25, 0.3) is 76.5 Å². The third kappa shape index (κ3) is 4.52. The summed E-state index contributed by atoms with van der Waals surface area (Å²) in [5, 5.41) is 9.91. The predicted octanol–water partition coefficient (Wildman–Crippen LogP) is 14.5. The van der Waals surface area contributed by atoms with Crippen molar-refractivity contribution in [3.05, 3.63) is 187 Å². The van der Waals surface area contributed by atoms with E-state index in [0.29, 0.717) is 0 Å². The minimum absolute atomic E-state index is 0.0518. The molecule has 0 atom stereocenters. The van der Waals surface area contributed by atoms with E-state index in [1.165, 1.54) is 65.7 Å². The van der Waals surface area contributed by atoms with Gasteiger partial charge < -0.3 is 9.32 Å². The maximum absolute atomic E-state index is 6.25. The molecule has 0 radical (unpaired) electrons. The summed E-state index contributed by atoms with van der Waals surface area (Å²) in [6.45, 7) is 4.67. The molecule has 0 spiro atoms. The van der Waals surface area contributed by atoms with Crippen molar-refractivity contribution in [1.29, 1.82) is 0 Å². The molecule has 0 fully saturated rings. The Hall–Kier alpha value is -6.64. The van der Waals surface area contributed by atoms with Crippen molar-refractivity contribution in [1.82, 2.24) is 0 Å². The number of hydrogen-bond acceptors (Lipinski definition) is 2. The Labute approximate surface area is 308 Å². The number of rotatable bonds is 4. The highest BCUT2D eigenvalue weighted by molar-refractivity contribution is 6.17. The first kappa shape index (κ1) is 30.0. The van der Waals surface area contributed by atoms with Gasteiger partial charge in [0.25, 0.3) is 0 Å². The average Bonchev–Trinajstić information content (AvgIpc) is 3.69. The molecule has 0 unspecified atom stereocenters. The third-order valence-corrected chi connectivity index (χ3v) is 11.6. The highest BCUT2D eigenvalue weighted by Crippen LogP contribution is 2.51. The van der Waals surface area contributed by atoms with Crippen LogP contribution in [0.5, 0.6) is 0 Å². The van der Waals surface area contributed by atoms with Gasteiger partial charge in [-0.15, -0.1) is 0 Å². The second-order valence-corrected chi connectivity index (χ2v) is 14.9. The maximum Gasteiger partial charge on any atom is 0.135 e. The van der Waals surface area contributed by atoms with Gasteiger partial charge >= 0.3 is 0 Å². The van der Waals surface area contributed by atoms with Crippen LogP contribution in [0.2, 0.25) is 0 Å². The van der Waals surface area contributed by atoms with Gasteiger partial charge in [0.05, 0.1) is 0 Å². The van der Waals surface area contributed by atoms with Crippen LogP contribution in [-0.2, 0) is 5.41 Å². The van der Waals surface area contributed by atoms with Gasteiger partial charge in [-0.25, -0.2) is 0 Å². The Morgan fingerprint density at radius 1 is 0.377 bits per heavy atom. The van der Waals surface area contributed by atoms with Gasteiger partial charge in [-0.05, 0) is 120 Å². The smallest absolute Gasteiger partial charge is 0.135 e. The van der Waals surface area contributed by atoms with E-state index in [4.69, 9.17) is 4.42 Å². The van der Waals surface area contributed by atoms with Crippen LogP contribution in [0.15, 0.2) is 180 Å². The van der Waals surface area contributed by atoms with E-state index in [1.54, 1.807) is 0 Å². The van der Waals surface area contributed by atoms with Crippen LogP contribution in [0.1, 0.15) is 25.0 Å². The number of nitrogens with zero attached hydrogens (tertiary/aromatic N) is 1. The summed E-state index contributed by atoms with van der Waals surface area (Å²) in [5.41, 5.74) is 12.8. The van der Waals surface area contributed by atoms with Crippen LogP contribution in [0, 0.1) is 0 Å². The lowest BCUT2D eigenvalue weighted by Crippen LogP contribution is -2.15. The van der Waals surface area contributed by atoms with Crippen LogP contribution in [0.3, 0.4) is 0 Å². The molecular formula is C51H35NO. The Bertz CT molecular complexity index is 3090. The molecule has 1 aromatic heterocycles. The summed E-state index contributed by atoms with van der Waals surface area (Å²) < 4.78 is 6.25. The molecule has 53 heavy (non-hydrogen) atoms. The fraction of sp³-hybridized carbons (Fsp3) is 0.0588. The Balaban J connectivity index is 1.06. The molecule has 10 aromatic rings. The van der Waals surface area contributed by atoms with Crippen LogP contribution < -0.4 is 4.90 Å². The lowest BCUT2D eigenvalue weighted by molar-refractivity contribution is 0.660. The molecule has 0 amide bonds. The molecule has 0 saturated heterocycles. The number of furan rings is 1. The molecule has 0 saturated carbocycles. The number of hydrogen-bond donors (Lipinski definition) is 0. The summed E-state index contributed by atoms with van der Waals surface area (Å²) in [6.07, 6.45) is 0. The van der Waals surface area contributed by atoms with Crippen molar-refractivity contribution in [3.63, 3.8) is 0 Å². The molecule has 1 heterocycles. The van der Waals surface area contributed by atoms with Gasteiger partial charge in [0, 0.05) is 33.2 Å². The SMILES string of the molecule is CC1(C)c2ccccc2-c2cc(N(c3ccc(-c4ccc5ccc6c7ccccc7ccc6c5c4)cc3)c3ccc4oc5ccccc5c4c3)ccc21. The molecule has 1 aliphatic rings. The summed E-state index contributed by atoms with van der Waals surface area (Å²) in [6, 6.07) is 64.4. The minimum atomic E-state index is -0.0518. The maximum atomic E-state index is 6.25. The Kier molecular flexibility index (Phi) is 6.33. The Morgan fingerprint density at radius 2 is 0.981 bits per heavy atom. The summed E-state index contributed by atoms with van der Waals surface area (Å²) in [5.74, 6) is 0. The van der Waals surface area contributed by atoms with Gasteiger partial charge in [-0.2, -0.15) is 0 Å². The lowest BCUT2D eigenvalue weighted by atomic mass is 9.82. The summed E-state index contributed by atoms with van der Waals surface area (Å²) in [4.78, 5) is 2.39. The van der Waals surface area contributed by atoms with Crippen LogP contribution in [-0.4, -0.2) is 0 Å². The van der Waals surface area contributed by atoms with E-state index in [2.05, 4.69) is 183 Å². The fourth-order valence-corrected chi connectivity index (χ4v) is 8.95. The molecule has 1 aliphatic carbocycles. The van der Waals surface area contributed by atoms with E-state index >= 15 is 0 Å². The number of para-hydroxylation sites is 1. The zero-order valence-corrected chi connectivity index (χ0v) is 29.6. The minimum Gasteiger partial charge on any atom is -0.456 e. The number of benzene rings is 9. The van der Waals surface area contributed by atoms with E-state index in [9.17, 15) is 0 Å². The van der Waals surface area contributed by atoms with Gasteiger partial charge in [0.15, 0.2) is 0 Å².